The molecule has 11 rings (SSSR count). The van der Waals surface area contributed by atoms with Crippen molar-refractivity contribution in [3.63, 3.8) is 0 Å². The first kappa shape index (κ1) is 61.3. The van der Waals surface area contributed by atoms with Crippen LogP contribution in [0, 0.1) is 52.3 Å². The second-order valence-corrected chi connectivity index (χ2v) is 25.8. The fraction of sp³-hybridized carbons (Fsp3) is 0.981. The molecule has 7 saturated heterocycles. The molecule has 4 saturated carbocycles. The SMILES string of the molecule is C[C@@H]1CC[C@@]2(OC1)O[C@H]1C[C@H]3[C@@H]4CC[C@H]5C[C@@H](O[C@@H]6O[C@H](CO)[C@H](O[C@@H]7O[C@H](CO)[C@@H](O)[C@H](O[C@@H]8OC[C@@H](O)[C@H](O)[C@H]8O)[C@H]7O[C@@H]7O[C@H](O)[C@@H](O)[C@H](O[C@@H]8OC[C@@H](O)[C@H](O)[C@H]8O)[C@H]7O)[C@H](O)[C@H]6O)CC[C@]5(C)[C@H]4CC(=O)[C@]3(C)[C@H]1[C@@H]2C. The molecule has 0 unspecified atom stereocenters. The molecule has 0 aromatic carbocycles. The normalized spacial score (nSPS) is 57.6. The smallest absolute Gasteiger partial charge is 0.189 e. The molecule has 0 aromatic heterocycles. The Morgan fingerprint density at radius 3 is 1.79 bits per heavy atom. The second kappa shape index (κ2) is 23.6. The van der Waals surface area contributed by atoms with Crippen molar-refractivity contribution in [1.82, 2.24) is 0 Å². The standard InChI is InChI=1S/C54H86O27/c1-19-7-10-54(72-16-19)20(2)32-28(81-54)12-25-23-6-5-21-11-22(8-9-52(21,3)24(23)13-31(59)53(25,32)4)73-49-39(66)36(63)42(30(15-56)75-49)76-51-45(44(35(62)29(14-55)74-51)78-48-38(65)34(61)27(58)18-71-48)79-50-41(68)43(40(67)46(69)80-50)77-47-37(64)33(60)26(57)17-70-47/h19-30,32-51,55-58,60-69H,5-18H2,1-4H3/t19-,20+,21+,22+,23-,24+,25+,26-,27-,28+,29-,30-,32+,33+,34+,35-,36-,37-,38-,39-,40+,41-,42+,43+,44+,45-,46+,47+,48+,49-,50-,51+,52+,53-,54-/m1/s1. The summed E-state index contributed by atoms with van der Waals surface area (Å²) in [6, 6.07) is 0. The van der Waals surface area contributed by atoms with E-state index >= 15 is 0 Å². The molecule has 4 aliphatic carbocycles. The minimum atomic E-state index is -2.24. The lowest BCUT2D eigenvalue weighted by molar-refractivity contribution is -0.417. The van der Waals surface area contributed by atoms with Crippen molar-refractivity contribution in [2.45, 2.75) is 245 Å². The van der Waals surface area contributed by atoms with Gasteiger partial charge in [0.15, 0.2) is 43.5 Å². The summed E-state index contributed by atoms with van der Waals surface area (Å²) in [5.41, 5.74) is -0.684. The van der Waals surface area contributed by atoms with Crippen LogP contribution >= 0.6 is 0 Å². The second-order valence-electron chi connectivity index (χ2n) is 25.8. The van der Waals surface area contributed by atoms with Gasteiger partial charge in [0.25, 0.3) is 0 Å². The molecule has 81 heavy (non-hydrogen) atoms. The Morgan fingerprint density at radius 1 is 0.543 bits per heavy atom. The lowest BCUT2D eigenvalue weighted by Crippen LogP contribution is -2.68. The number of ether oxygens (including phenoxy) is 12. The van der Waals surface area contributed by atoms with Crippen LogP contribution in [0.5, 0.6) is 0 Å². The molecule has 14 N–H and O–H groups in total. The average Bonchev–Trinajstić information content (AvgIpc) is 1.93. The highest BCUT2D eigenvalue weighted by Crippen LogP contribution is 2.70. The molecule has 0 aromatic rings. The van der Waals surface area contributed by atoms with Crippen LogP contribution in [0.25, 0.3) is 0 Å². The number of aliphatic hydroxyl groups is 14. The third-order valence-electron chi connectivity index (χ3n) is 21.3. The van der Waals surface area contributed by atoms with Gasteiger partial charge in [-0.05, 0) is 80.0 Å². The minimum absolute atomic E-state index is 0.0318. The maximum Gasteiger partial charge on any atom is 0.189 e. The van der Waals surface area contributed by atoms with Gasteiger partial charge < -0.3 is 128 Å². The first-order chi connectivity index (χ1) is 38.4. The minimum Gasteiger partial charge on any atom is -0.394 e. The van der Waals surface area contributed by atoms with Crippen LogP contribution < -0.4 is 0 Å². The van der Waals surface area contributed by atoms with Crippen molar-refractivity contribution < 1.29 is 133 Å². The number of Topliss-reactive ketones (excluding diaryl/α,β-unsaturated/α-hetero) is 1. The zero-order valence-electron chi connectivity index (χ0n) is 45.9. The van der Waals surface area contributed by atoms with Gasteiger partial charge in [-0.3, -0.25) is 4.79 Å². The van der Waals surface area contributed by atoms with Crippen LogP contribution in [0.4, 0.5) is 0 Å². The Balaban J connectivity index is 0.780. The molecule has 11 aliphatic rings. The fourth-order valence-corrected chi connectivity index (χ4v) is 16.5. The van der Waals surface area contributed by atoms with Crippen LogP contribution in [-0.4, -0.2) is 270 Å². The Kier molecular flexibility index (Phi) is 17.9. The molecule has 0 amide bonds. The van der Waals surface area contributed by atoms with E-state index in [1.807, 2.05) is 0 Å². The highest BCUT2D eigenvalue weighted by atomic mass is 16.8. The Labute approximate surface area is 468 Å². The topological polar surface area (TPSA) is 411 Å². The first-order valence-corrected chi connectivity index (χ1v) is 29.1. The van der Waals surface area contributed by atoms with Crippen molar-refractivity contribution >= 4 is 5.78 Å². The summed E-state index contributed by atoms with van der Waals surface area (Å²) in [6.07, 6.45) is -36.5. The molecule has 0 bridgehead atoms. The number of hydrogen-bond donors (Lipinski definition) is 14. The van der Waals surface area contributed by atoms with Gasteiger partial charge in [0.2, 0.25) is 0 Å². The highest BCUT2D eigenvalue weighted by molar-refractivity contribution is 5.87. The van der Waals surface area contributed by atoms with E-state index in [1.165, 1.54) is 0 Å². The maximum atomic E-state index is 14.7. The molecule has 35 atom stereocenters. The molecule has 27 heteroatoms. The van der Waals surface area contributed by atoms with Gasteiger partial charge in [-0.25, -0.2) is 0 Å². The number of hydrogen-bond acceptors (Lipinski definition) is 27. The van der Waals surface area contributed by atoms with Crippen LogP contribution in [0.15, 0.2) is 0 Å². The Bertz CT molecular complexity index is 2160. The zero-order chi connectivity index (χ0) is 57.9. The summed E-state index contributed by atoms with van der Waals surface area (Å²) < 4.78 is 72.1. The van der Waals surface area contributed by atoms with E-state index in [9.17, 15) is 76.3 Å². The lowest BCUT2D eigenvalue weighted by Gasteiger charge is -2.60. The third-order valence-corrected chi connectivity index (χ3v) is 21.3. The van der Waals surface area contributed by atoms with E-state index in [4.69, 9.17) is 56.8 Å². The van der Waals surface area contributed by atoms with Gasteiger partial charge in [-0.15, -0.1) is 0 Å². The number of fused-ring (bicyclic) bond motifs is 7. The van der Waals surface area contributed by atoms with Gasteiger partial charge in [0.05, 0.1) is 45.2 Å². The first-order valence-electron chi connectivity index (χ1n) is 29.1. The van der Waals surface area contributed by atoms with Crippen LogP contribution in [-0.2, 0) is 61.6 Å². The largest absolute Gasteiger partial charge is 0.394 e. The predicted molar refractivity (Wildman–Crippen MR) is 264 cm³/mol. The van der Waals surface area contributed by atoms with Gasteiger partial charge >= 0.3 is 0 Å². The van der Waals surface area contributed by atoms with Crippen molar-refractivity contribution in [2.24, 2.45) is 52.3 Å². The van der Waals surface area contributed by atoms with E-state index in [1.54, 1.807) is 0 Å². The lowest BCUT2D eigenvalue weighted by atomic mass is 9.44. The van der Waals surface area contributed by atoms with Crippen LogP contribution in [0.2, 0.25) is 0 Å². The van der Waals surface area contributed by atoms with E-state index in [-0.39, 0.29) is 41.1 Å². The summed E-state index contributed by atoms with van der Waals surface area (Å²) in [6.45, 7) is 6.65. The summed E-state index contributed by atoms with van der Waals surface area (Å²) in [5, 5.41) is 153. The Hall–Kier alpha value is -1.37. The molecule has 464 valence electrons. The predicted octanol–water partition coefficient (Wildman–Crippen LogP) is -4.67. The molecule has 0 radical (unpaired) electrons. The van der Waals surface area contributed by atoms with E-state index in [0.717, 1.165) is 38.5 Å². The average molecular weight is 1170 g/mol. The summed E-state index contributed by atoms with van der Waals surface area (Å²) in [4.78, 5) is 14.7. The van der Waals surface area contributed by atoms with Crippen LogP contribution in [0.3, 0.4) is 0 Å². The summed E-state index contributed by atoms with van der Waals surface area (Å²) in [5.74, 6) is 1.20. The Morgan fingerprint density at radius 2 is 1.15 bits per heavy atom. The number of rotatable bonds is 12. The number of aliphatic hydroxyl groups excluding tert-OH is 14. The molecular weight excluding hydrogens is 1080 g/mol. The highest BCUT2D eigenvalue weighted by Gasteiger charge is 2.72. The molecule has 1 spiro atoms. The van der Waals surface area contributed by atoms with E-state index in [2.05, 4.69) is 27.7 Å². The van der Waals surface area contributed by atoms with Crippen LogP contribution in [0.1, 0.15) is 85.5 Å². The van der Waals surface area contributed by atoms with Crippen molar-refractivity contribution in [3.8, 4) is 0 Å². The summed E-state index contributed by atoms with van der Waals surface area (Å²) >= 11 is 0. The molecule has 7 heterocycles. The zero-order valence-corrected chi connectivity index (χ0v) is 45.9. The van der Waals surface area contributed by atoms with Gasteiger partial charge in [0, 0.05) is 30.1 Å². The molecule has 11 fully saturated rings. The molecule has 27 nitrogen and oxygen atoms in total. The van der Waals surface area contributed by atoms with Crippen molar-refractivity contribution in [1.29, 1.82) is 0 Å². The fourth-order valence-electron chi connectivity index (χ4n) is 16.5. The van der Waals surface area contributed by atoms with Crippen molar-refractivity contribution in [3.05, 3.63) is 0 Å². The molecular formula is C54H86O27. The van der Waals surface area contributed by atoms with Gasteiger partial charge in [-0.1, -0.05) is 27.7 Å². The van der Waals surface area contributed by atoms with E-state index < -0.39 is 185 Å². The van der Waals surface area contributed by atoms with E-state index in [0.29, 0.717) is 43.5 Å². The molecule has 7 aliphatic heterocycles. The third kappa shape index (κ3) is 10.6. The quantitative estimate of drug-likeness (QED) is 0.0817. The van der Waals surface area contributed by atoms with Crippen molar-refractivity contribution in [2.75, 3.05) is 33.0 Å². The maximum absolute atomic E-state index is 14.7. The number of carbonyl (C=O) groups excluding carboxylic acids is 1. The van der Waals surface area contributed by atoms with Gasteiger partial charge in [0.1, 0.15) is 110 Å². The number of carbonyl (C=O) groups is 1. The van der Waals surface area contributed by atoms with Gasteiger partial charge in [-0.2, -0.15) is 0 Å². The monoisotopic (exact) mass is 1170 g/mol. The number of ketones is 1. The summed E-state index contributed by atoms with van der Waals surface area (Å²) in [7, 11) is 0.